The number of benzene rings is 1. The molecule has 0 bridgehead atoms. The molecule has 4 N–H and O–H groups in total. The van der Waals surface area contributed by atoms with E-state index in [1.165, 1.54) is 0 Å². The molecule has 0 aliphatic heterocycles. The van der Waals surface area contributed by atoms with Crippen molar-refractivity contribution in [2.75, 3.05) is 5.32 Å². The quantitative estimate of drug-likeness (QED) is 0.735. The van der Waals surface area contributed by atoms with Crippen molar-refractivity contribution in [3.63, 3.8) is 0 Å². The molecule has 0 radical (unpaired) electrons. The van der Waals surface area contributed by atoms with Crippen LogP contribution in [0.1, 0.15) is 26.3 Å². The molecule has 0 atom stereocenters. The van der Waals surface area contributed by atoms with Crippen molar-refractivity contribution < 1.29 is 4.79 Å². The van der Waals surface area contributed by atoms with Crippen LogP contribution in [-0.4, -0.2) is 16.6 Å². The standard InChI is InChI=1S/C13H19N3OS/c1-13(2,3)16-12(17)15-10-6-4-9(5-7-10)8-11(14)18/h4-7H,8H2,1-3H3,(H2,14,18)(H2,15,16,17). The molecule has 4 nitrogen and oxygen atoms in total. The van der Waals surface area contributed by atoms with Gasteiger partial charge in [0.25, 0.3) is 0 Å². The van der Waals surface area contributed by atoms with Crippen molar-refractivity contribution in [3.8, 4) is 0 Å². The zero-order valence-electron chi connectivity index (χ0n) is 10.9. The summed E-state index contributed by atoms with van der Waals surface area (Å²) in [5.41, 5.74) is 6.98. The summed E-state index contributed by atoms with van der Waals surface area (Å²) in [4.78, 5) is 12.1. The maximum Gasteiger partial charge on any atom is 0.319 e. The van der Waals surface area contributed by atoms with E-state index in [9.17, 15) is 4.79 Å². The molecule has 1 aromatic rings. The highest BCUT2D eigenvalue weighted by atomic mass is 32.1. The second-order valence-electron chi connectivity index (χ2n) is 5.17. The lowest BCUT2D eigenvalue weighted by Gasteiger charge is -2.20. The molecule has 0 unspecified atom stereocenters. The highest BCUT2D eigenvalue weighted by molar-refractivity contribution is 7.80. The number of hydrogen-bond donors (Lipinski definition) is 3. The Morgan fingerprint density at radius 2 is 1.83 bits per heavy atom. The Balaban J connectivity index is 2.58. The first kappa shape index (κ1) is 14.4. The van der Waals surface area contributed by atoms with Gasteiger partial charge in [-0.25, -0.2) is 4.79 Å². The third-order valence-corrected chi connectivity index (χ3v) is 2.22. The van der Waals surface area contributed by atoms with Crippen LogP contribution in [0, 0.1) is 0 Å². The Kier molecular flexibility index (Phi) is 4.67. The molecule has 1 rings (SSSR count). The Morgan fingerprint density at radius 1 is 1.28 bits per heavy atom. The number of hydrogen-bond acceptors (Lipinski definition) is 2. The molecule has 0 fully saturated rings. The third kappa shape index (κ3) is 5.63. The summed E-state index contributed by atoms with van der Waals surface area (Å²) in [5, 5.41) is 5.59. The van der Waals surface area contributed by atoms with Gasteiger partial charge in [-0.3, -0.25) is 0 Å². The second-order valence-corrected chi connectivity index (χ2v) is 5.69. The van der Waals surface area contributed by atoms with Gasteiger partial charge in [-0.1, -0.05) is 24.4 Å². The number of anilines is 1. The zero-order valence-corrected chi connectivity index (χ0v) is 11.7. The Bertz CT molecular complexity index is 435. The second kappa shape index (κ2) is 5.82. The summed E-state index contributed by atoms with van der Waals surface area (Å²) in [6.07, 6.45) is 0.573. The van der Waals surface area contributed by atoms with E-state index in [1.807, 2.05) is 45.0 Å². The van der Waals surface area contributed by atoms with Crippen LogP contribution in [0.5, 0.6) is 0 Å². The van der Waals surface area contributed by atoms with Gasteiger partial charge in [-0.05, 0) is 38.5 Å². The molecular formula is C13H19N3OS. The fourth-order valence-corrected chi connectivity index (χ4v) is 1.58. The molecule has 18 heavy (non-hydrogen) atoms. The van der Waals surface area contributed by atoms with Gasteiger partial charge in [0.2, 0.25) is 0 Å². The van der Waals surface area contributed by atoms with Gasteiger partial charge in [0.1, 0.15) is 0 Å². The predicted octanol–water partition coefficient (Wildman–Crippen LogP) is 2.44. The highest BCUT2D eigenvalue weighted by Crippen LogP contribution is 2.10. The molecule has 0 aromatic heterocycles. The molecule has 98 valence electrons. The number of urea groups is 1. The normalized spacial score (nSPS) is 10.8. The van der Waals surface area contributed by atoms with Gasteiger partial charge >= 0.3 is 6.03 Å². The SMILES string of the molecule is CC(C)(C)NC(=O)Nc1ccc(CC(N)=S)cc1. The minimum atomic E-state index is -0.254. The van der Waals surface area contributed by atoms with E-state index >= 15 is 0 Å². The maximum atomic E-state index is 11.6. The Morgan fingerprint density at radius 3 is 2.28 bits per heavy atom. The lowest BCUT2D eigenvalue weighted by molar-refractivity contribution is 0.244. The molecule has 0 heterocycles. The van der Waals surface area contributed by atoms with Crippen molar-refractivity contribution in [1.82, 2.24) is 5.32 Å². The number of carbonyl (C=O) groups excluding carboxylic acids is 1. The fourth-order valence-electron chi connectivity index (χ4n) is 1.41. The fraction of sp³-hybridized carbons (Fsp3) is 0.385. The average Bonchev–Trinajstić information content (AvgIpc) is 2.17. The number of rotatable bonds is 3. The van der Waals surface area contributed by atoms with Crippen molar-refractivity contribution in [1.29, 1.82) is 0 Å². The van der Waals surface area contributed by atoms with E-state index < -0.39 is 0 Å². The summed E-state index contributed by atoms with van der Waals surface area (Å²) in [6.45, 7) is 5.79. The largest absolute Gasteiger partial charge is 0.393 e. The number of amides is 2. The Labute approximate surface area is 113 Å². The van der Waals surface area contributed by atoms with Crippen LogP contribution in [0.15, 0.2) is 24.3 Å². The lowest BCUT2D eigenvalue weighted by Crippen LogP contribution is -2.43. The van der Waals surface area contributed by atoms with Gasteiger partial charge in [-0.2, -0.15) is 0 Å². The van der Waals surface area contributed by atoms with Gasteiger partial charge in [-0.15, -0.1) is 0 Å². The van der Waals surface area contributed by atoms with Crippen molar-refractivity contribution >= 4 is 28.9 Å². The number of nitrogens with two attached hydrogens (primary N) is 1. The maximum absolute atomic E-state index is 11.6. The number of nitrogens with one attached hydrogen (secondary N) is 2. The molecular weight excluding hydrogens is 246 g/mol. The first-order valence-corrected chi connectivity index (χ1v) is 6.13. The van der Waals surface area contributed by atoms with E-state index in [-0.39, 0.29) is 11.6 Å². The van der Waals surface area contributed by atoms with Crippen LogP contribution in [0.4, 0.5) is 10.5 Å². The summed E-state index contributed by atoms with van der Waals surface area (Å²) in [7, 11) is 0. The summed E-state index contributed by atoms with van der Waals surface area (Å²) < 4.78 is 0. The zero-order chi connectivity index (χ0) is 13.8. The van der Waals surface area contributed by atoms with Gasteiger partial charge < -0.3 is 16.4 Å². The van der Waals surface area contributed by atoms with Crippen LogP contribution in [-0.2, 0) is 6.42 Å². The topological polar surface area (TPSA) is 67.2 Å². The van der Waals surface area contributed by atoms with E-state index in [4.69, 9.17) is 18.0 Å². The Hall–Kier alpha value is -1.62. The molecule has 2 amide bonds. The number of thiocarbonyl (C=S) groups is 1. The third-order valence-electron chi connectivity index (χ3n) is 2.08. The number of carbonyl (C=O) groups is 1. The van der Waals surface area contributed by atoms with Crippen LogP contribution in [0.25, 0.3) is 0 Å². The van der Waals surface area contributed by atoms with Crippen LogP contribution < -0.4 is 16.4 Å². The lowest BCUT2D eigenvalue weighted by atomic mass is 10.1. The summed E-state index contributed by atoms with van der Waals surface area (Å²) >= 11 is 4.84. The highest BCUT2D eigenvalue weighted by Gasteiger charge is 2.13. The van der Waals surface area contributed by atoms with Crippen LogP contribution in [0.2, 0.25) is 0 Å². The van der Waals surface area contributed by atoms with Gasteiger partial charge in [0.15, 0.2) is 0 Å². The van der Waals surface area contributed by atoms with Crippen molar-refractivity contribution in [2.45, 2.75) is 32.7 Å². The van der Waals surface area contributed by atoms with Crippen molar-refractivity contribution in [2.24, 2.45) is 5.73 Å². The molecule has 5 heteroatoms. The van der Waals surface area contributed by atoms with E-state index in [0.717, 1.165) is 11.3 Å². The first-order valence-electron chi connectivity index (χ1n) is 5.73. The minimum Gasteiger partial charge on any atom is -0.393 e. The van der Waals surface area contributed by atoms with E-state index in [2.05, 4.69) is 10.6 Å². The van der Waals surface area contributed by atoms with Crippen LogP contribution in [0.3, 0.4) is 0 Å². The smallest absolute Gasteiger partial charge is 0.319 e. The van der Waals surface area contributed by atoms with Gasteiger partial charge in [0.05, 0.1) is 4.99 Å². The van der Waals surface area contributed by atoms with Gasteiger partial charge in [0, 0.05) is 17.6 Å². The van der Waals surface area contributed by atoms with E-state index in [0.29, 0.717) is 11.4 Å². The molecule has 0 aliphatic carbocycles. The van der Waals surface area contributed by atoms with E-state index in [1.54, 1.807) is 0 Å². The van der Waals surface area contributed by atoms with Crippen molar-refractivity contribution in [3.05, 3.63) is 29.8 Å². The minimum absolute atomic E-state index is 0.218. The predicted molar refractivity (Wildman–Crippen MR) is 78.8 cm³/mol. The molecule has 0 aliphatic rings. The average molecular weight is 265 g/mol. The monoisotopic (exact) mass is 265 g/mol. The summed E-state index contributed by atoms with van der Waals surface area (Å²) in [6, 6.07) is 7.23. The van der Waals surface area contributed by atoms with Crippen LogP contribution >= 0.6 is 12.2 Å². The molecule has 1 aromatic carbocycles. The summed E-state index contributed by atoms with van der Waals surface area (Å²) in [5.74, 6) is 0. The first-order chi connectivity index (χ1) is 8.26. The molecule has 0 saturated heterocycles. The molecule has 0 spiro atoms. The molecule has 0 saturated carbocycles.